The van der Waals surface area contributed by atoms with Crippen molar-refractivity contribution in [2.75, 3.05) is 6.54 Å². The minimum atomic E-state index is -1.25. The van der Waals surface area contributed by atoms with Crippen LogP contribution >= 0.6 is 0 Å². The molecule has 22 heavy (non-hydrogen) atoms. The second-order valence-corrected chi connectivity index (χ2v) is 7.38. The van der Waals surface area contributed by atoms with Gasteiger partial charge in [-0.25, -0.2) is 0 Å². The van der Waals surface area contributed by atoms with E-state index in [1.807, 2.05) is 13.8 Å². The van der Waals surface area contributed by atoms with Crippen molar-refractivity contribution in [2.24, 2.45) is 0 Å². The number of carbonyl (C=O) groups excluding carboxylic acids is 1. The van der Waals surface area contributed by atoms with Crippen LogP contribution in [0.2, 0.25) is 0 Å². The Morgan fingerprint density at radius 1 is 1.09 bits per heavy atom. The molecule has 1 amide bonds. The molecule has 1 saturated carbocycles. The number of rotatable bonds is 2. The monoisotopic (exact) mass is 315 g/mol. The molecule has 0 spiro atoms. The fraction of sp³-hybridized carbons (Fsp3) is 0.933. The van der Waals surface area contributed by atoms with Gasteiger partial charge in [-0.1, -0.05) is 0 Å². The van der Waals surface area contributed by atoms with E-state index in [0.717, 1.165) is 0 Å². The third kappa shape index (κ3) is 2.76. The molecule has 2 saturated heterocycles. The smallest absolute Gasteiger partial charge is 0.216 e. The highest BCUT2D eigenvalue weighted by Gasteiger charge is 2.64. The van der Waals surface area contributed by atoms with Crippen molar-refractivity contribution in [3.05, 3.63) is 0 Å². The summed E-state index contributed by atoms with van der Waals surface area (Å²) in [7, 11) is 0. The van der Waals surface area contributed by atoms with Gasteiger partial charge in [0, 0.05) is 19.9 Å². The maximum atomic E-state index is 11.2. The minimum Gasteiger partial charge on any atom is -0.385 e. The van der Waals surface area contributed by atoms with Crippen molar-refractivity contribution in [1.29, 1.82) is 0 Å². The lowest BCUT2D eigenvalue weighted by Gasteiger charge is -2.43. The maximum Gasteiger partial charge on any atom is 0.216 e. The first-order valence-corrected chi connectivity index (χ1v) is 7.69. The standard InChI is InChI=1S/C15H25NO6/c1-8(17)16-7-15(18)6-9-10(20-13(2,3)19-9)11-12(15)22-14(4,5)21-11/h9-12,18H,6-7H2,1-5H3,(H,16,17)/t9-,10+,11-,12-,15+/m1/s1. The number of amides is 1. The highest BCUT2D eigenvalue weighted by Crippen LogP contribution is 2.48. The summed E-state index contributed by atoms with van der Waals surface area (Å²) in [4.78, 5) is 11.2. The second kappa shape index (κ2) is 4.88. The van der Waals surface area contributed by atoms with Crippen LogP contribution in [0.4, 0.5) is 0 Å². The molecule has 0 unspecified atom stereocenters. The average Bonchev–Trinajstić information content (AvgIpc) is 2.83. The van der Waals surface area contributed by atoms with Gasteiger partial charge in [-0.3, -0.25) is 4.79 Å². The molecule has 2 aliphatic heterocycles. The van der Waals surface area contributed by atoms with E-state index in [4.69, 9.17) is 18.9 Å². The molecule has 126 valence electrons. The molecule has 3 fully saturated rings. The molecule has 0 radical (unpaired) electrons. The fourth-order valence-corrected chi connectivity index (χ4v) is 3.66. The summed E-state index contributed by atoms with van der Waals surface area (Å²) in [5.41, 5.74) is -1.25. The van der Waals surface area contributed by atoms with E-state index in [1.54, 1.807) is 13.8 Å². The van der Waals surface area contributed by atoms with Gasteiger partial charge in [0.1, 0.15) is 23.9 Å². The van der Waals surface area contributed by atoms with Crippen LogP contribution < -0.4 is 5.32 Å². The number of ether oxygens (including phenoxy) is 4. The molecule has 2 heterocycles. The average molecular weight is 315 g/mol. The molecule has 2 N–H and O–H groups in total. The van der Waals surface area contributed by atoms with Gasteiger partial charge in [-0.15, -0.1) is 0 Å². The topological polar surface area (TPSA) is 86.3 Å². The number of carbonyl (C=O) groups is 1. The Balaban J connectivity index is 1.88. The molecule has 1 aliphatic carbocycles. The van der Waals surface area contributed by atoms with E-state index in [1.165, 1.54) is 6.92 Å². The Kier molecular flexibility index (Phi) is 3.58. The van der Waals surface area contributed by atoms with Gasteiger partial charge in [0.2, 0.25) is 5.91 Å². The van der Waals surface area contributed by atoms with E-state index in [-0.39, 0.29) is 24.7 Å². The van der Waals surface area contributed by atoms with Crippen molar-refractivity contribution in [3.8, 4) is 0 Å². The highest BCUT2D eigenvalue weighted by atomic mass is 16.8. The van der Waals surface area contributed by atoms with Crippen molar-refractivity contribution in [2.45, 2.75) is 82.6 Å². The molecule has 0 aromatic rings. The minimum absolute atomic E-state index is 0.0932. The van der Waals surface area contributed by atoms with E-state index < -0.39 is 29.4 Å². The molecular formula is C15H25NO6. The number of hydrogen-bond donors (Lipinski definition) is 2. The quantitative estimate of drug-likeness (QED) is 0.762. The Labute approximate surface area is 130 Å². The molecule has 5 atom stereocenters. The van der Waals surface area contributed by atoms with Gasteiger partial charge in [0.05, 0.1) is 6.10 Å². The Morgan fingerprint density at radius 3 is 2.32 bits per heavy atom. The van der Waals surface area contributed by atoms with Crippen LogP contribution in [0.1, 0.15) is 41.0 Å². The molecule has 0 aromatic carbocycles. The predicted octanol–water partition coefficient (Wildman–Crippen LogP) is 0.297. The first-order chi connectivity index (χ1) is 10.0. The number of fused-ring (bicyclic) bond motifs is 3. The normalized spacial score (nSPS) is 45.2. The van der Waals surface area contributed by atoms with Gasteiger partial charge < -0.3 is 29.4 Å². The van der Waals surface area contributed by atoms with Crippen molar-refractivity contribution >= 4 is 5.91 Å². The largest absolute Gasteiger partial charge is 0.385 e. The summed E-state index contributed by atoms with van der Waals surface area (Å²) in [6.07, 6.45) is -1.28. The van der Waals surface area contributed by atoms with Gasteiger partial charge in [0.25, 0.3) is 0 Å². The van der Waals surface area contributed by atoms with Crippen LogP contribution in [0.15, 0.2) is 0 Å². The fourth-order valence-electron chi connectivity index (χ4n) is 3.66. The van der Waals surface area contributed by atoms with E-state index in [2.05, 4.69) is 5.32 Å². The number of aliphatic hydroxyl groups is 1. The van der Waals surface area contributed by atoms with Gasteiger partial charge >= 0.3 is 0 Å². The summed E-state index contributed by atoms with van der Waals surface area (Å²) >= 11 is 0. The Morgan fingerprint density at radius 2 is 1.68 bits per heavy atom. The lowest BCUT2D eigenvalue weighted by molar-refractivity contribution is -0.184. The summed E-state index contributed by atoms with van der Waals surface area (Å²) < 4.78 is 23.7. The van der Waals surface area contributed by atoms with Crippen LogP contribution in [-0.4, -0.2) is 59.1 Å². The van der Waals surface area contributed by atoms with Gasteiger partial charge in [0.15, 0.2) is 11.6 Å². The Hall–Kier alpha value is -0.730. The lowest BCUT2D eigenvalue weighted by Crippen LogP contribution is -2.64. The molecule has 0 bridgehead atoms. The number of hydrogen-bond acceptors (Lipinski definition) is 6. The van der Waals surface area contributed by atoms with Crippen LogP contribution in [0, 0.1) is 0 Å². The van der Waals surface area contributed by atoms with Crippen molar-refractivity contribution < 1.29 is 28.8 Å². The first-order valence-electron chi connectivity index (χ1n) is 7.69. The molecule has 7 nitrogen and oxygen atoms in total. The van der Waals surface area contributed by atoms with Gasteiger partial charge in [-0.2, -0.15) is 0 Å². The molecule has 7 heteroatoms. The van der Waals surface area contributed by atoms with E-state index in [9.17, 15) is 9.90 Å². The van der Waals surface area contributed by atoms with Crippen molar-refractivity contribution in [1.82, 2.24) is 5.32 Å². The zero-order valence-corrected chi connectivity index (χ0v) is 13.7. The lowest BCUT2D eigenvalue weighted by atomic mass is 9.77. The Bertz CT molecular complexity index is 479. The first kappa shape index (κ1) is 16.1. The summed E-state index contributed by atoms with van der Waals surface area (Å²) in [6, 6.07) is 0. The molecular weight excluding hydrogens is 290 g/mol. The summed E-state index contributed by atoms with van der Waals surface area (Å²) in [5.74, 6) is -1.74. The third-order valence-electron chi connectivity index (χ3n) is 4.40. The summed E-state index contributed by atoms with van der Waals surface area (Å²) in [5, 5.41) is 13.8. The van der Waals surface area contributed by atoms with Crippen LogP contribution in [0.25, 0.3) is 0 Å². The van der Waals surface area contributed by atoms with Crippen LogP contribution in [0.3, 0.4) is 0 Å². The van der Waals surface area contributed by atoms with E-state index >= 15 is 0 Å². The molecule has 3 rings (SSSR count). The third-order valence-corrected chi connectivity index (χ3v) is 4.40. The highest BCUT2D eigenvalue weighted by molar-refractivity contribution is 5.72. The van der Waals surface area contributed by atoms with E-state index in [0.29, 0.717) is 6.42 Å². The molecule has 0 aromatic heterocycles. The zero-order chi connectivity index (χ0) is 16.3. The van der Waals surface area contributed by atoms with Crippen molar-refractivity contribution in [3.63, 3.8) is 0 Å². The predicted molar refractivity (Wildman–Crippen MR) is 75.9 cm³/mol. The van der Waals surface area contributed by atoms with Crippen LogP contribution in [0.5, 0.6) is 0 Å². The van der Waals surface area contributed by atoms with Crippen LogP contribution in [-0.2, 0) is 23.7 Å². The zero-order valence-electron chi connectivity index (χ0n) is 13.7. The number of nitrogens with one attached hydrogen (secondary N) is 1. The maximum absolute atomic E-state index is 11.2. The molecule has 3 aliphatic rings. The van der Waals surface area contributed by atoms with Gasteiger partial charge in [-0.05, 0) is 27.7 Å². The SMILES string of the molecule is CC(=O)NC[C@@]1(O)C[C@H]2OC(C)(C)O[C@@H]2[C@H]2OC(C)(C)O[C@H]21. The second-order valence-electron chi connectivity index (χ2n) is 7.38. The summed E-state index contributed by atoms with van der Waals surface area (Å²) in [6.45, 7) is 8.80.